The number of hydrogen-bond acceptors (Lipinski definition) is 5. The van der Waals surface area contributed by atoms with E-state index in [1.165, 1.54) is 23.5 Å². The van der Waals surface area contributed by atoms with Crippen molar-refractivity contribution in [2.75, 3.05) is 0 Å². The molecular formula is C18H12FN3O2S. The summed E-state index contributed by atoms with van der Waals surface area (Å²) >= 11 is 1.32. The maximum atomic E-state index is 13.3. The lowest BCUT2D eigenvalue weighted by atomic mass is 10.2. The number of hydrogen-bond donors (Lipinski definition) is 1. The molecule has 3 aromatic heterocycles. The number of amides is 1. The molecule has 3 heterocycles. The number of carbonyl (C=O) groups is 1. The first kappa shape index (κ1) is 15.5. The molecule has 0 fully saturated rings. The molecule has 5 nitrogen and oxygen atoms in total. The quantitative estimate of drug-likeness (QED) is 0.602. The van der Waals surface area contributed by atoms with Crippen molar-refractivity contribution in [2.45, 2.75) is 6.54 Å². The number of nitrogens with one attached hydrogen (secondary N) is 1. The second-order valence-corrected chi connectivity index (χ2v) is 6.39. The molecule has 124 valence electrons. The standard InChI is InChI=1S/C18H12FN3O2S/c19-12-3-4-15-11(8-12)9-16(25-15)18(23)22-10-13-17(21-6-5-20-13)14-2-1-7-24-14/h1-9H,10H2,(H,22,23). The van der Waals surface area contributed by atoms with E-state index < -0.39 is 0 Å². The second kappa shape index (κ2) is 6.45. The van der Waals surface area contributed by atoms with Gasteiger partial charge in [0.25, 0.3) is 5.91 Å². The lowest BCUT2D eigenvalue weighted by Gasteiger charge is -2.06. The van der Waals surface area contributed by atoms with E-state index >= 15 is 0 Å². The van der Waals surface area contributed by atoms with Gasteiger partial charge in [-0.15, -0.1) is 11.3 Å². The molecule has 25 heavy (non-hydrogen) atoms. The Bertz CT molecular complexity index is 1040. The third kappa shape index (κ3) is 3.14. The molecule has 0 aliphatic heterocycles. The fourth-order valence-corrected chi connectivity index (χ4v) is 3.45. The summed E-state index contributed by atoms with van der Waals surface area (Å²) in [4.78, 5) is 21.5. The zero-order valence-electron chi connectivity index (χ0n) is 12.9. The molecule has 1 amide bonds. The van der Waals surface area contributed by atoms with Crippen LogP contribution in [0.2, 0.25) is 0 Å². The van der Waals surface area contributed by atoms with E-state index in [1.54, 1.807) is 42.9 Å². The van der Waals surface area contributed by atoms with Crippen molar-refractivity contribution < 1.29 is 13.6 Å². The Hall–Kier alpha value is -3.06. The van der Waals surface area contributed by atoms with Gasteiger partial charge in [0.2, 0.25) is 0 Å². The van der Waals surface area contributed by atoms with Gasteiger partial charge in [0.05, 0.1) is 23.4 Å². The van der Waals surface area contributed by atoms with Crippen LogP contribution in [0, 0.1) is 5.82 Å². The summed E-state index contributed by atoms with van der Waals surface area (Å²) in [5.74, 6) is 0.0345. The van der Waals surface area contributed by atoms with Gasteiger partial charge in [0, 0.05) is 17.1 Å². The van der Waals surface area contributed by atoms with Gasteiger partial charge in [-0.3, -0.25) is 9.78 Å². The Labute approximate surface area is 146 Å². The number of fused-ring (bicyclic) bond motifs is 1. The minimum atomic E-state index is -0.320. The Balaban J connectivity index is 1.54. The van der Waals surface area contributed by atoms with Crippen LogP contribution >= 0.6 is 11.3 Å². The number of nitrogens with zero attached hydrogens (tertiary/aromatic N) is 2. The van der Waals surface area contributed by atoms with Crippen molar-refractivity contribution in [3.05, 3.63) is 71.4 Å². The summed E-state index contributed by atoms with van der Waals surface area (Å²) < 4.78 is 19.5. The van der Waals surface area contributed by atoms with Crippen molar-refractivity contribution in [1.29, 1.82) is 0 Å². The van der Waals surface area contributed by atoms with Crippen LogP contribution in [-0.4, -0.2) is 15.9 Å². The molecular weight excluding hydrogens is 341 g/mol. The largest absolute Gasteiger partial charge is 0.463 e. The fourth-order valence-electron chi connectivity index (χ4n) is 2.49. The summed E-state index contributed by atoms with van der Waals surface area (Å²) in [6.45, 7) is 0.214. The van der Waals surface area contributed by atoms with E-state index in [0.29, 0.717) is 27.4 Å². The van der Waals surface area contributed by atoms with Crippen LogP contribution in [0.4, 0.5) is 4.39 Å². The second-order valence-electron chi connectivity index (χ2n) is 5.30. The monoisotopic (exact) mass is 353 g/mol. The Kier molecular flexibility index (Phi) is 3.99. The number of aromatic nitrogens is 2. The molecule has 4 aromatic rings. The Morgan fingerprint density at radius 2 is 2.08 bits per heavy atom. The minimum absolute atomic E-state index is 0.214. The number of furan rings is 1. The van der Waals surface area contributed by atoms with Gasteiger partial charge in [-0.2, -0.15) is 0 Å². The van der Waals surface area contributed by atoms with Crippen LogP contribution in [0.1, 0.15) is 15.4 Å². The van der Waals surface area contributed by atoms with Gasteiger partial charge >= 0.3 is 0 Å². The first-order valence-corrected chi connectivity index (χ1v) is 8.33. The third-order valence-corrected chi connectivity index (χ3v) is 4.76. The van der Waals surface area contributed by atoms with Crippen LogP contribution in [0.3, 0.4) is 0 Å². The molecule has 0 saturated heterocycles. The Morgan fingerprint density at radius 1 is 1.20 bits per heavy atom. The van der Waals surface area contributed by atoms with E-state index in [1.807, 2.05) is 0 Å². The number of carbonyl (C=O) groups excluding carboxylic acids is 1. The maximum absolute atomic E-state index is 13.3. The number of benzene rings is 1. The predicted octanol–water partition coefficient (Wildman–Crippen LogP) is 4.02. The lowest BCUT2D eigenvalue weighted by Crippen LogP contribution is -2.23. The molecule has 7 heteroatoms. The van der Waals surface area contributed by atoms with Gasteiger partial charge in [-0.05, 0) is 41.8 Å². The molecule has 0 spiro atoms. The third-order valence-electron chi connectivity index (χ3n) is 3.65. The molecule has 0 aliphatic rings. The highest BCUT2D eigenvalue weighted by Gasteiger charge is 2.14. The van der Waals surface area contributed by atoms with Gasteiger partial charge in [-0.25, -0.2) is 9.37 Å². The molecule has 1 aromatic carbocycles. The molecule has 0 atom stereocenters. The summed E-state index contributed by atoms with van der Waals surface area (Å²) in [7, 11) is 0. The zero-order valence-corrected chi connectivity index (χ0v) is 13.7. The molecule has 0 bridgehead atoms. The smallest absolute Gasteiger partial charge is 0.261 e. The van der Waals surface area contributed by atoms with Gasteiger partial charge < -0.3 is 9.73 Å². The van der Waals surface area contributed by atoms with E-state index in [9.17, 15) is 9.18 Å². The van der Waals surface area contributed by atoms with Gasteiger partial charge in [0.15, 0.2) is 5.76 Å². The van der Waals surface area contributed by atoms with E-state index in [4.69, 9.17) is 4.42 Å². The maximum Gasteiger partial charge on any atom is 0.261 e. The number of thiophene rings is 1. The summed E-state index contributed by atoms with van der Waals surface area (Å²) in [5, 5.41) is 3.54. The minimum Gasteiger partial charge on any atom is -0.463 e. The first-order chi connectivity index (χ1) is 12.2. The molecule has 0 unspecified atom stereocenters. The van der Waals surface area contributed by atoms with Crippen LogP contribution < -0.4 is 5.32 Å². The summed E-state index contributed by atoms with van der Waals surface area (Å²) in [6.07, 6.45) is 4.70. The summed E-state index contributed by atoms with van der Waals surface area (Å²) in [6, 6.07) is 9.71. The van der Waals surface area contributed by atoms with Crippen molar-refractivity contribution in [1.82, 2.24) is 15.3 Å². The van der Waals surface area contributed by atoms with Crippen molar-refractivity contribution >= 4 is 27.3 Å². The molecule has 0 saturated carbocycles. The van der Waals surface area contributed by atoms with Crippen LogP contribution in [-0.2, 0) is 6.54 Å². The normalized spacial score (nSPS) is 10.9. The number of halogens is 1. The highest BCUT2D eigenvalue weighted by Crippen LogP contribution is 2.26. The van der Waals surface area contributed by atoms with Crippen molar-refractivity contribution in [3.8, 4) is 11.5 Å². The predicted molar refractivity (Wildman–Crippen MR) is 92.7 cm³/mol. The van der Waals surface area contributed by atoms with Gasteiger partial charge in [-0.1, -0.05) is 0 Å². The summed E-state index contributed by atoms with van der Waals surface area (Å²) in [5.41, 5.74) is 1.20. The van der Waals surface area contributed by atoms with Gasteiger partial charge in [0.1, 0.15) is 11.5 Å². The first-order valence-electron chi connectivity index (χ1n) is 7.52. The molecule has 1 N–H and O–H groups in total. The average Bonchev–Trinajstić information content (AvgIpc) is 3.29. The fraction of sp³-hybridized carbons (Fsp3) is 0.0556. The van der Waals surface area contributed by atoms with Crippen LogP contribution in [0.25, 0.3) is 21.5 Å². The van der Waals surface area contributed by atoms with Crippen molar-refractivity contribution in [2.24, 2.45) is 0 Å². The van der Waals surface area contributed by atoms with Crippen LogP contribution in [0.5, 0.6) is 0 Å². The SMILES string of the molecule is O=C(NCc1nccnc1-c1ccco1)c1cc2cc(F)ccc2s1. The Morgan fingerprint density at radius 3 is 2.92 bits per heavy atom. The van der Waals surface area contributed by atoms with Crippen LogP contribution in [0.15, 0.2) is 59.5 Å². The topological polar surface area (TPSA) is 68.0 Å². The van der Waals surface area contributed by atoms with E-state index in [-0.39, 0.29) is 18.3 Å². The van der Waals surface area contributed by atoms with Crippen molar-refractivity contribution in [3.63, 3.8) is 0 Å². The lowest BCUT2D eigenvalue weighted by molar-refractivity contribution is 0.0954. The molecule has 0 aliphatic carbocycles. The highest BCUT2D eigenvalue weighted by atomic mass is 32.1. The number of rotatable bonds is 4. The van der Waals surface area contributed by atoms with E-state index in [2.05, 4.69) is 15.3 Å². The zero-order chi connectivity index (χ0) is 17.2. The molecule has 4 rings (SSSR count). The van der Waals surface area contributed by atoms with E-state index in [0.717, 1.165) is 4.70 Å². The molecule has 0 radical (unpaired) electrons. The highest BCUT2D eigenvalue weighted by molar-refractivity contribution is 7.20. The average molecular weight is 353 g/mol.